The molecule has 20 heavy (non-hydrogen) atoms. The number of anilines is 1. The lowest BCUT2D eigenvalue weighted by atomic mass is 10.1. The lowest BCUT2D eigenvalue weighted by molar-refractivity contribution is 0.101. The maximum absolute atomic E-state index is 11.4. The van der Waals surface area contributed by atoms with Crippen molar-refractivity contribution in [3.8, 4) is 6.07 Å². The van der Waals surface area contributed by atoms with Crippen molar-refractivity contribution >= 4 is 11.5 Å². The molecule has 102 valence electrons. The van der Waals surface area contributed by atoms with Gasteiger partial charge in [0, 0.05) is 25.4 Å². The molecular formula is C15H16N4O. The summed E-state index contributed by atoms with van der Waals surface area (Å²) < 4.78 is 1.76. The van der Waals surface area contributed by atoms with Gasteiger partial charge in [0.05, 0.1) is 17.4 Å². The number of hydrogen-bond donors (Lipinski definition) is 1. The molecule has 5 heteroatoms. The lowest BCUT2D eigenvalue weighted by Gasteiger charge is -2.08. The summed E-state index contributed by atoms with van der Waals surface area (Å²) in [5.74, 6) is -0.00945. The molecule has 0 bridgehead atoms. The molecule has 0 aliphatic rings. The molecule has 0 atom stereocenters. The Morgan fingerprint density at radius 2 is 2.30 bits per heavy atom. The standard InChI is InChI=1S/C15H16N4O/c1-11(20)13-3-4-14(8-16)15(7-13)17-6-5-12-9-18-19(2)10-12/h3-4,7,9-10,17H,5-6H2,1-2H3. The zero-order valence-corrected chi connectivity index (χ0v) is 11.6. The molecular weight excluding hydrogens is 252 g/mol. The van der Waals surface area contributed by atoms with Gasteiger partial charge in [0.2, 0.25) is 0 Å². The lowest BCUT2D eigenvalue weighted by Crippen LogP contribution is -2.07. The molecule has 0 amide bonds. The van der Waals surface area contributed by atoms with E-state index in [2.05, 4.69) is 16.5 Å². The second kappa shape index (κ2) is 6.02. The average Bonchev–Trinajstić information content (AvgIpc) is 2.84. The van der Waals surface area contributed by atoms with Crippen molar-refractivity contribution in [1.29, 1.82) is 5.26 Å². The van der Waals surface area contributed by atoms with Crippen LogP contribution in [-0.2, 0) is 13.5 Å². The van der Waals surface area contributed by atoms with E-state index in [1.54, 1.807) is 22.9 Å². The van der Waals surface area contributed by atoms with Gasteiger partial charge in [0.25, 0.3) is 0 Å². The summed E-state index contributed by atoms with van der Waals surface area (Å²) in [7, 11) is 1.88. The molecule has 0 saturated heterocycles. The van der Waals surface area contributed by atoms with Crippen molar-refractivity contribution in [3.05, 3.63) is 47.3 Å². The van der Waals surface area contributed by atoms with Crippen LogP contribution in [0.5, 0.6) is 0 Å². The number of nitrogens with one attached hydrogen (secondary N) is 1. The largest absolute Gasteiger partial charge is 0.384 e. The molecule has 0 aliphatic heterocycles. The third-order valence-corrected chi connectivity index (χ3v) is 3.03. The minimum atomic E-state index is -0.00945. The number of aromatic nitrogens is 2. The number of Topliss-reactive ketones (excluding diaryl/α,β-unsaturated/α-hetero) is 1. The van der Waals surface area contributed by atoms with Crippen LogP contribution in [0.25, 0.3) is 0 Å². The molecule has 5 nitrogen and oxygen atoms in total. The molecule has 1 heterocycles. The Labute approximate surface area is 117 Å². The van der Waals surface area contributed by atoms with Crippen LogP contribution >= 0.6 is 0 Å². The molecule has 0 spiro atoms. The Morgan fingerprint density at radius 1 is 1.50 bits per heavy atom. The number of nitrogens with zero attached hydrogens (tertiary/aromatic N) is 3. The second-order valence-electron chi connectivity index (χ2n) is 4.63. The molecule has 0 radical (unpaired) electrons. The predicted octanol–water partition coefficient (Wildman–Crippen LogP) is 2.15. The van der Waals surface area contributed by atoms with Crippen LogP contribution in [0.1, 0.15) is 28.4 Å². The normalized spacial score (nSPS) is 10.1. The van der Waals surface area contributed by atoms with E-state index >= 15 is 0 Å². The van der Waals surface area contributed by atoms with Crippen LogP contribution in [0.15, 0.2) is 30.6 Å². The smallest absolute Gasteiger partial charge is 0.159 e. The summed E-state index contributed by atoms with van der Waals surface area (Å²) in [5, 5.41) is 16.4. The van der Waals surface area contributed by atoms with E-state index in [-0.39, 0.29) is 5.78 Å². The number of ketones is 1. The van der Waals surface area contributed by atoms with Crippen molar-refractivity contribution in [2.75, 3.05) is 11.9 Å². The van der Waals surface area contributed by atoms with Crippen LogP contribution in [-0.4, -0.2) is 22.1 Å². The van der Waals surface area contributed by atoms with Gasteiger partial charge in [-0.15, -0.1) is 0 Å². The van der Waals surface area contributed by atoms with E-state index in [0.717, 1.165) is 12.0 Å². The van der Waals surface area contributed by atoms with Crippen LogP contribution in [0.3, 0.4) is 0 Å². The number of nitriles is 1. The number of carbonyl (C=O) groups excluding carboxylic acids is 1. The van der Waals surface area contributed by atoms with Crippen molar-refractivity contribution in [2.45, 2.75) is 13.3 Å². The zero-order chi connectivity index (χ0) is 14.5. The van der Waals surface area contributed by atoms with Crippen LogP contribution in [0, 0.1) is 11.3 Å². The summed E-state index contributed by atoms with van der Waals surface area (Å²) in [4.78, 5) is 11.4. The topological polar surface area (TPSA) is 70.7 Å². The highest BCUT2D eigenvalue weighted by molar-refractivity contribution is 5.95. The summed E-state index contributed by atoms with van der Waals surface area (Å²) in [6.45, 7) is 2.20. The molecule has 1 aromatic heterocycles. The molecule has 2 rings (SSSR count). The first-order valence-electron chi connectivity index (χ1n) is 6.36. The first kappa shape index (κ1) is 13.8. The molecule has 0 aliphatic carbocycles. The van der Waals surface area contributed by atoms with Gasteiger partial charge in [-0.3, -0.25) is 9.48 Å². The Hall–Kier alpha value is -2.61. The van der Waals surface area contributed by atoms with Gasteiger partial charge in [0.15, 0.2) is 5.78 Å². The highest BCUT2D eigenvalue weighted by Gasteiger charge is 2.06. The monoisotopic (exact) mass is 268 g/mol. The van der Waals surface area contributed by atoms with E-state index in [1.165, 1.54) is 6.92 Å². The fraction of sp³-hybridized carbons (Fsp3) is 0.267. The van der Waals surface area contributed by atoms with E-state index in [1.807, 2.05) is 19.4 Å². The van der Waals surface area contributed by atoms with Crippen molar-refractivity contribution in [2.24, 2.45) is 7.05 Å². The molecule has 0 saturated carbocycles. The maximum Gasteiger partial charge on any atom is 0.159 e. The first-order chi connectivity index (χ1) is 9.60. The highest BCUT2D eigenvalue weighted by atomic mass is 16.1. The number of rotatable bonds is 5. The van der Waals surface area contributed by atoms with Gasteiger partial charge in [-0.05, 0) is 37.1 Å². The first-order valence-corrected chi connectivity index (χ1v) is 6.36. The summed E-state index contributed by atoms with van der Waals surface area (Å²) in [6, 6.07) is 7.19. The van der Waals surface area contributed by atoms with E-state index in [9.17, 15) is 4.79 Å². The minimum Gasteiger partial charge on any atom is -0.384 e. The third kappa shape index (κ3) is 3.23. The van der Waals surface area contributed by atoms with Gasteiger partial charge in [0.1, 0.15) is 6.07 Å². The molecule has 2 aromatic rings. The van der Waals surface area contributed by atoms with Crippen LogP contribution < -0.4 is 5.32 Å². The number of hydrogen-bond acceptors (Lipinski definition) is 4. The SMILES string of the molecule is CC(=O)c1ccc(C#N)c(NCCc2cnn(C)c2)c1. The van der Waals surface area contributed by atoms with Crippen molar-refractivity contribution < 1.29 is 4.79 Å². The van der Waals surface area contributed by atoms with Crippen LogP contribution in [0.2, 0.25) is 0 Å². The Balaban J connectivity index is 2.06. The quantitative estimate of drug-likeness (QED) is 0.843. The van der Waals surface area contributed by atoms with Gasteiger partial charge < -0.3 is 5.32 Å². The Bertz CT molecular complexity index is 667. The van der Waals surface area contributed by atoms with Gasteiger partial charge in [-0.25, -0.2) is 0 Å². The molecule has 1 aromatic carbocycles. The Morgan fingerprint density at radius 3 is 2.90 bits per heavy atom. The maximum atomic E-state index is 11.4. The summed E-state index contributed by atoms with van der Waals surface area (Å²) in [5.41, 5.74) is 2.97. The number of benzene rings is 1. The zero-order valence-electron chi connectivity index (χ0n) is 11.6. The van der Waals surface area contributed by atoms with Gasteiger partial charge in [-0.1, -0.05) is 0 Å². The molecule has 0 unspecified atom stereocenters. The fourth-order valence-corrected chi connectivity index (χ4v) is 1.95. The predicted molar refractivity (Wildman–Crippen MR) is 76.6 cm³/mol. The van der Waals surface area contributed by atoms with E-state index < -0.39 is 0 Å². The van der Waals surface area contributed by atoms with Crippen LogP contribution in [0.4, 0.5) is 5.69 Å². The second-order valence-corrected chi connectivity index (χ2v) is 4.63. The third-order valence-electron chi connectivity index (χ3n) is 3.03. The number of carbonyl (C=O) groups is 1. The van der Waals surface area contributed by atoms with Gasteiger partial charge >= 0.3 is 0 Å². The molecule has 0 fully saturated rings. The Kier molecular flexibility index (Phi) is 4.16. The summed E-state index contributed by atoms with van der Waals surface area (Å²) >= 11 is 0. The number of aryl methyl sites for hydroxylation is 1. The van der Waals surface area contributed by atoms with Gasteiger partial charge in [-0.2, -0.15) is 10.4 Å². The van der Waals surface area contributed by atoms with Crippen molar-refractivity contribution in [1.82, 2.24) is 9.78 Å². The van der Waals surface area contributed by atoms with E-state index in [0.29, 0.717) is 23.4 Å². The minimum absolute atomic E-state index is 0.00945. The fourth-order valence-electron chi connectivity index (χ4n) is 1.95. The molecule has 1 N–H and O–H groups in total. The average molecular weight is 268 g/mol. The van der Waals surface area contributed by atoms with E-state index in [4.69, 9.17) is 5.26 Å². The summed E-state index contributed by atoms with van der Waals surface area (Å²) in [6.07, 6.45) is 4.58. The van der Waals surface area contributed by atoms with Crippen molar-refractivity contribution in [3.63, 3.8) is 0 Å². The highest BCUT2D eigenvalue weighted by Crippen LogP contribution is 2.17.